The van der Waals surface area contributed by atoms with E-state index in [0.29, 0.717) is 33.8 Å². The molecule has 182 valence electrons. The van der Waals surface area contributed by atoms with Crippen molar-refractivity contribution in [2.45, 2.75) is 25.1 Å². The highest BCUT2D eigenvalue weighted by molar-refractivity contribution is 8.15. The number of benzene rings is 1. The highest BCUT2D eigenvalue weighted by Crippen LogP contribution is 2.31. The lowest BCUT2D eigenvalue weighted by Gasteiger charge is -2.14. The van der Waals surface area contributed by atoms with E-state index in [0.717, 1.165) is 23.5 Å². The molecule has 11 nitrogen and oxygen atoms in total. The van der Waals surface area contributed by atoms with Gasteiger partial charge in [-0.05, 0) is 43.3 Å². The predicted molar refractivity (Wildman–Crippen MR) is 132 cm³/mol. The normalized spacial score (nSPS) is 19.9. The number of hydrogen-bond acceptors (Lipinski definition) is 10. The lowest BCUT2D eigenvalue weighted by atomic mass is 10.2. The maximum Gasteiger partial charge on any atom is 0.338 e. The van der Waals surface area contributed by atoms with E-state index in [-0.39, 0.29) is 36.6 Å². The molecule has 4 rings (SSSR count). The number of rotatable bonds is 8. The molecule has 2 N–H and O–H groups in total. The van der Waals surface area contributed by atoms with Crippen molar-refractivity contribution in [2.75, 3.05) is 17.7 Å². The number of amides is 3. The standard InChI is InChI=1S/C22H21N5O6S2/c1-2-32-20(30)13-5-7-14(8-6-13)23-18(28)10-16-19(29)27(11-15-4-3-9-33-15)21(35-16)26-25-17-12-34-22(31)24-17/h3-9,16H,2,10-12H2,1H3,(H,23,28)(H,24,25,31). The molecule has 3 amide bonds. The molecule has 0 aliphatic carbocycles. The molecule has 2 fully saturated rings. The zero-order chi connectivity index (χ0) is 24.8. The number of amidine groups is 2. The summed E-state index contributed by atoms with van der Waals surface area (Å²) < 4.78 is 10.3. The van der Waals surface area contributed by atoms with Crippen LogP contribution in [0, 0.1) is 0 Å². The zero-order valence-electron chi connectivity index (χ0n) is 18.6. The minimum atomic E-state index is -0.713. The van der Waals surface area contributed by atoms with Gasteiger partial charge in [0.05, 0.1) is 30.7 Å². The number of carbonyl (C=O) groups is 4. The van der Waals surface area contributed by atoms with Crippen molar-refractivity contribution in [3.05, 3.63) is 54.0 Å². The van der Waals surface area contributed by atoms with Gasteiger partial charge in [0.1, 0.15) is 16.8 Å². The highest BCUT2D eigenvalue weighted by Gasteiger charge is 2.40. The van der Waals surface area contributed by atoms with Gasteiger partial charge in [-0.15, -0.1) is 10.2 Å². The fourth-order valence-electron chi connectivity index (χ4n) is 3.19. The van der Waals surface area contributed by atoms with E-state index in [1.54, 1.807) is 43.3 Å². The first-order valence-corrected chi connectivity index (χ1v) is 12.4. The highest BCUT2D eigenvalue weighted by atomic mass is 32.2. The van der Waals surface area contributed by atoms with E-state index in [1.807, 2.05) is 0 Å². The third-order valence-corrected chi connectivity index (χ3v) is 6.75. The maximum absolute atomic E-state index is 13.1. The average molecular weight is 516 g/mol. The van der Waals surface area contributed by atoms with E-state index in [1.165, 1.54) is 11.2 Å². The molecule has 0 saturated carbocycles. The van der Waals surface area contributed by atoms with Crippen LogP contribution in [0.3, 0.4) is 0 Å². The Morgan fingerprint density at radius 1 is 1.23 bits per heavy atom. The number of ether oxygens (including phenoxy) is 1. The molecule has 3 heterocycles. The Balaban J connectivity index is 1.43. The van der Waals surface area contributed by atoms with Crippen molar-refractivity contribution in [3.8, 4) is 0 Å². The van der Waals surface area contributed by atoms with Gasteiger partial charge < -0.3 is 19.8 Å². The first-order chi connectivity index (χ1) is 16.9. The van der Waals surface area contributed by atoms with Crippen molar-refractivity contribution in [1.29, 1.82) is 0 Å². The minimum absolute atomic E-state index is 0.0973. The van der Waals surface area contributed by atoms with Gasteiger partial charge in [0.15, 0.2) is 5.17 Å². The number of nitrogens with one attached hydrogen (secondary N) is 2. The molecule has 2 aliphatic heterocycles. The molecule has 2 saturated heterocycles. The second-order valence-electron chi connectivity index (χ2n) is 7.29. The Labute approximate surface area is 208 Å². The second kappa shape index (κ2) is 11.2. The summed E-state index contributed by atoms with van der Waals surface area (Å²) in [5.41, 5.74) is 0.861. The molecule has 0 radical (unpaired) electrons. The molecule has 13 heteroatoms. The van der Waals surface area contributed by atoms with E-state index in [2.05, 4.69) is 20.8 Å². The van der Waals surface area contributed by atoms with Gasteiger partial charge in [0.25, 0.3) is 5.24 Å². The van der Waals surface area contributed by atoms with Gasteiger partial charge in [-0.1, -0.05) is 23.5 Å². The number of thioether (sulfide) groups is 2. The summed E-state index contributed by atoms with van der Waals surface area (Å²) in [4.78, 5) is 50.3. The molecule has 2 aliphatic rings. The van der Waals surface area contributed by atoms with Crippen LogP contribution in [0.15, 0.2) is 57.3 Å². The van der Waals surface area contributed by atoms with Crippen LogP contribution in [0.25, 0.3) is 0 Å². The topological polar surface area (TPSA) is 143 Å². The van der Waals surface area contributed by atoms with Gasteiger partial charge in [-0.25, -0.2) is 4.79 Å². The maximum atomic E-state index is 13.1. The van der Waals surface area contributed by atoms with E-state index in [4.69, 9.17) is 9.15 Å². The first-order valence-electron chi connectivity index (χ1n) is 10.6. The van der Waals surface area contributed by atoms with Crippen LogP contribution < -0.4 is 10.6 Å². The monoisotopic (exact) mass is 515 g/mol. The number of hydrogen-bond donors (Lipinski definition) is 2. The summed E-state index contributed by atoms with van der Waals surface area (Å²) in [6.45, 7) is 2.13. The number of anilines is 1. The quantitative estimate of drug-likeness (QED) is 0.403. The average Bonchev–Trinajstić information content (AvgIpc) is 3.57. The van der Waals surface area contributed by atoms with Crippen molar-refractivity contribution >= 4 is 63.2 Å². The molecule has 0 spiro atoms. The van der Waals surface area contributed by atoms with E-state index >= 15 is 0 Å². The Bertz CT molecular complexity index is 1180. The summed E-state index contributed by atoms with van der Waals surface area (Å²) in [7, 11) is 0. The lowest BCUT2D eigenvalue weighted by molar-refractivity contribution is -0.128. The minimum Gasteiger partial charge on any atom is -0.467 e. The van der Waals surface area contributed by atoms with Crippen LogP contribution in [-0.4, -0.2) is 56.5 Å². The molecule has 0 bridgehead atoms. The van der Waals surface area contributed by atoms with Crippen LogP contribution in [0.5, 0.6) is 0 Å². The van der Waals surface area contributed by atoms with E-state index in [9.17, 15) is 19.2 Å². The van der Waals surface area contributed by atoms with Crippen molar-refractivity contribution in [2.24, 2.45) is 10.2 Å². The van der Waals surface area contributed by atoms with Crippen LogP contribution in [0.2, 0.25) is 0 Å². The third-order valence-electron chi connectivity index (χ3n) is 4.81. The summed E-state index contributed by atoms with van der Waals surface area (Å²) in [6.07, 6.45) is 1.41. The number of carbonyl (C=O) groups excluding carboxylic acids is 4. The van der Waals surface area contributed by atoms with Gasteiger partial charge in [-0.2, -0.15) is 0 Å². The lowest BCUT2D eigenvalue weighted by Crippen LogP contribution is -2.33. The molecule has 2 aromatic rings. The Kier molecular flexibility index (Phi) is 7.87. The Morgan fingerprint density at radius 2 is 2.03 bits per heavy atom. The SMILES string of the molecule is CCOC(=O)c1ccc(NC(=O)CC2SC(=NN=C3CSC(=O)N3)N(Cc3ccco3)C2=O)cc1. The largest absolute Gasteiger partial charge is 0.467 e. The molecule has 1 unspecified atom stereocenters. The van der Waals surface area contributed by atoms with Gasteiger partial charge in [-0.3, -0.25) is 19.3 Å². The summed E-state index contributed by atoms with van der Waals surface area (Å²) in [5, 5.41) is 12.9. The van der Waals surface area contributed by atoms with E-state index < -0.39 is 11.2 Å². The van der Waals surface area contributed by atoms with Crippen molar-refractivity contribution in [1.82, 2.24) is 10.2 Å². The second-order valence-corrected chi connectivity index (χ2v) is 9.41. The molecule has 1 aromatic heterocycles. The number of nitrogens with zero attached hydrogens (tertiary/aromatic N) is 3. The van der Waals surface area contributed by atoms with Crippen molar-refractivity contribution < 1.29 is 28.3 Å². The van der Waals surface area contributed by atoms with Crippen LogP contribution in [0.4, 0.5) is 10.5 Å². The van der Waals surface area contributed by atoms with Gasteiger partial charge in [0.2, 0.25) is 11.8 Å². The molecular formula is C22H21N5O6S2. The van der Waals surface area contributed by atoms with Crippen LogP contribution >= 0.6 is 23.5 Å². The Hall–Kier alpha value is -3.58. The first kappa shape index (κ1) is 24.5. The molecule has 1 aromatic carbocycles. The molecule has 1 atom stereocenters. The zero-order valence-corrected chi connectivity index (χ0v) is 20.2. The van der Waals surface area contributed by atoms with Crippen LogP contribution in [-0.2, 0) is 20.9 Å². The van der Waals surface area contributed by atoms with Gasteiger partial charge >= 0.3 is 5.97 Å². The molecular weight excluding hydrogens is 494 g/mol. The fraction of sp³-hybridized carbons (Fsp3) is 0.273. The van der Waals surface area contributed by atoms with Gasteiger partial charge in [0, 0.05) is 12.1 Å². The van der Waals surface area contributed by atoms with Crippen LogP contribution in [0.1, 0.15) is 29.5 Å². The fourth-order valence-corrected chi connectivity index (χ4v) is 4.86. The summed E-state index contributed by atoms with van der Waals surface area (Å²) in [6, 6.07) is 9.73. The molecule has 35 heavy (non-hydrogen) atoms. The summed E-state index contributed by atoms with van der Waals surface area (Å²) in [5.74, 6) is 0.198. The Morgan fingerprint density at radius 3 is 2.69 bits per heavy atom. The smallest absolute Gasteiger partial charge is 0.338 e. The predicted octanol–water partition coefficient (Wildman–Crippen LogP) is 3.06. The number of furan rings is 1. The summed E-state index contributed by atoms with van der Waals surface area (Å²) >= 11 is 2.20. The van der Waals surface area contributed by atoms with Crippen molar-refractivity contribution in [3.63, 3.8) is 0 Å². The number of esters is 1. The third kappa shape index (κ3) is 6.31.